The number of rotatable bonds is 7. The zero-order chi connectivity index (χ0) is 22.7. The molecule has 0 fully saturated rings. The van der Waals surface area contributed by atoms with E-state index in [4.69, 9.17) is 0 Å². The van der Waals surface area contributed by atoms with Crippen LogP contribution in [0.3, 0.4) is 0 Å². The third kappa shape index (κ3) is 4.59. The number of hydrogen-bond acceptors (Lipinski definition) is 4. The Hall–Kier alpha value is -3.81. The topological polar surface area (TPSA) is 81.3 Å². The van der Waals surface area contributed by atoms with E-state index in [1.807, 2.05) is 32.0 Å². The van der Waals surface area contributed by atoms with Gasteiger partial charge in [0.05, 0.1) is 0 Å². The van der Waals surface area contributed by atoms with Crippen molar-refractivity contribution in [1.82, 2.24) is 24.5 Å². The van der Waals surface area contributed by atoms with Crippen molar-refractivity contribution >= 4 is 11.6 Å². The smallest absolute Gasteiger partial charge is 0.300 e. The second kappa shape index (κ2) is 9.13. The molecule has 2 aromatic carbocycles. The highest BCUT2D eigenvalue weighted by Crippen LogP contribution is 2.13. The van der Waals surface area contributed by atoms with Crippen LogP contribution in [-0.2, 0) is 17.8 Å². The summed E-state index contributed by atoms with van der Waals surface area (Å²) in [5.41, 5.74) is 3.89. The van der Waals surface area contributed by atoms with Crippen LogP contribution in [0.25, 0.3) is 11.3 Å². The van der Waals surface area contributed by atoms with Crippen molar-refractivity contribution in [2.75, 3.05) is 0 Å². The fraction of sp³-hybridized carbons (Fsp3) is 0.250. The molecule has 0 unspecified atom stereocenters. The molecule has 0 aliphatic rings. The number of carbonyl (C=O) groups is 1. The van der Waals surface area contributed by atoms with Crippen LogP contribution in [-0.4, -0.2) is 25.1 Å². The van der Waals surface area contributed by atoms with E-state index in [2.05, 4.69) is 15.5 Å². The van der Waals surface area contributed by atoms with E-state index in [9.17, 15) is 14.0 Å². The number of carbonyl (C=O) groups excluding carboxylic acids is 1. The molecule has 2 aromatic heterocycles. The molecule has 0 aliphatic heterocycles. The molecule has 8 heteroatoms. The Morgan fingerprint density at radius 1 is 1.03 bits per heavy atom. The lowest BCUT2D eigenvalue weighted by Crippen LogP contribution is -2.22. The first-order valence-corrected chi connectivity index (χ1v) is 10.5. The molecule has 0 spiro atoms. The van der Waals surface area contributed by atoms with Gasteiger partial charge in [0.15, 0.2) is 0 Å². The number of aryl methyl sites for hydroxylation is 3. The number of fused-ring (bicyclic) bond motifs is 1. The fourth-order valence-corrected chi connectivity index (χ4v) is 3.48. The summed E-state index contributed by atoms with van der Waals surface area (Å²) in [6.45, 7) is 4.39. The van der Waals surface area contributed by atoms with Gasteiger partial charge in [-0.2, -0.15) is 0 Å². The Morgan fingerprint density at radius 2 is 1.81 bits per heavy atom. The third-order valence-corrected chi connectivity index (χ3v) is 5.52. The maximum atomic E-state index is 12.9. The van der Waals surface area contributed by atoms with Gasteiger partial charge >= 0.3 is 5.56 Å². The lowest BCUT2D eigenvalue weighted by Gasteiger charge is -2.09. The van der Waals surface area contributed by atoms with Crippen molar-refractivity contribution in [3.8, 4) is 5.69 Å². The number of amides is 1. The summed E-state index contributed by atoms with van der Waals surface area (Å²) >= 11 is 0. The minimum absolute atomic E-state index is 0.0970. The molecule has 0 radical (unpaired) electrons. The summed E-state index contributed by atoms with van der Waals surface area (Å²) in [6.07, 6.45) is 4.88. The van der Waals surface area contributed by atoms with Crippen molar-refractivity contribution in [2.24, 2.45) is 0 Å². The molecular weight excluding hydrogens is 409 g/mol. The van der Waals surface area contributed by atoms with Crippen LogP contribution in [0.5, 0.6) is 0 Å². The number of benzene rings is 2. The van der Waals surface area contributed by atoms with Gasteiger partial charge in [0, 0.05) is 37.5 Å². The zero-order valence-corrected chi connectivity index (χ0v) is 18.0. The highest BCUT2D eigenvalue weighted by Gasteiger charge is 2.12. The van der Waals surface area contributed by atoms with Gasteiger partial charge in [0.25, 0.3) is 0 Å². The van der Waals surface area contributed by atoms with Crippen molar-refractivity contribution in [2.45, 2.75) is 39.7 Å². The van der Waals surface area contributed by atoms with Gasteiger partial charge in [-0.15, -0.1) is 10.2 Å². The second-order valence-electron chi connectivity index (χ2n) is 7.81. The summed E-state index contributed by atoms with van der Waals surface area (Å²) in [7, 11) is 0. The van der Waals surface area contributed by atoms with Crippen LogP contribution in [0.2, 0.25) is 0 Å². The molecule has 4 aromatic rings. The molecule has 0 atom stereocenters. The van der Waals surface area contributed by atoms with Crippen molar-refractivity contribution < 1.29 is 9.18 Å². The Bertz CT molecular complexity index is 1320. The van der Waals surface area contributed by atoms with Crippen LogP contribution < -0.4 is 10.9 Å². The standard InChI is InChI=1S/C24H24FN5O2/c1-16-6-11-20(14-17(16)2)29-12-13-30-21(27-28-23(30)24(29)32)4-3-5-22(31)26-15-18-7-9-19(25)10-8-18/h6-14H,3-5,15H2,1-2H3,(H,26,31). The van der Waals surface area contributed by atoms with E-state index < -0.39 is 0 Å². The van der Waals surface area contributed by atoms with Crippen molar-refractivity contribution in [3.63, 3.8) is 0 Å². The molecule has 1 N–H and O–H groups in total. The van der Waals surface area contributed by atoms with Gasteiger partial charge in [-0.1, -0.05) is 18.2 Å². The van der Waals surface area contributed by atoms with Crippen LogP contribution in [0.4, 0.5) is 4.39 Å². The number of nitrogens with zero attached hydrogens (tertiary/aromatic N) is 4. The number of aromatic nitrogens is 4. The minimum atomic E-state index is -0.304. The number of halogens is 1. The van der Waals surface area contributed by atoms with Gasteiger partial charge in [0.2, 0.25) is 11.6 Å². The lowest BCUT2D eigenvalue weighted by molar-refractivity contribution is -0.121. The largest absolute Gasteiger partial charge is 0.352 e. The Morgan fingerprint density at radius 3 is 2.56 bits per heavy atom. The summed E-state index contributed by atoms with van der Waals surface area (Å²) in [4.78, 5) is 25.0. The fourth-order valence-electron chi connectivity index (χ4n) is 3.48. The van der Waals surface area contributed by atoms with E-state index in [-0.39, 0.29) is 22.9 Å². The normalized spacial score (nSPS) is 11.1. The van der Waals surface area contributed by atoms with Gasteiger partial charge in [0.1, 0.15) is 11.6 Å². The molecule has 164 valence electrons. The van der Waals surface area contributed by atoms with E-state index in [1.165, 1.54) is 12.1 Å². The predicted molar refractivity (Wildman–Crippen MR) is 119 cm³/mol. The molecule has 32 heavy (non-hydrogen) atoms. The molecular formula is C24H24FN5O2. The Labute approximate surface area is 184 Å². The summed E-state index contributed by atoms with van der Waals surface area (Å²) < 4.78 is 16.2. The molecule has 0 saturated carbocycles. The number of nitrogens with one attached hydrogen (secondary N) is 1. The minimum Gasteiger partial charge on any atom is -0.352 e. The van der Waals surface area contributed by atoms with Gasteiger partial charge < -0.3 is 5.32 Å². The van der Waals surface area contributed by atoms with E-state index in [1.54, 1.807) is 33.5 Å². The van der Waals surface area contributed by atoms with Gasteiger partial charge in [-0.05, 0) is 61.2 Å². The van der Waals surface area contributed by atoms with Gasteiger partial charge in [-0.3, -0.25) is 18.6 Å². The average Bonchev–Trinajstić information content (AvgIpc) is 3.19. The van der Waals surface area contributed by atoms with E-state index >= 15 is 0 Å². The molecule has 4 rings (SSSR count). The van der Waals surface area contributed by atoms with Crippen molar-refractivity contribution in [1.29, 1.82) is 0 Å². The SMILES string of the molecule is Cc1ccc(-n2ccn3c(CCCC(=O)NCc4ccc(F)cc4)nnc3c2=O)cc1C. The van der Waals surface area contributed by atoms with E-state index in [0.29, 0.717) is 31.6 Å². The van der Waals surface area contributed by atoms with Crippen LogP contribution in [0.1, 0.15) is 35.4 Å². The molecule has 0 bridgehead atoms. The summed E-state index contributed by atoms with van der Waals surface area (Å²) in [5, 5.41) is 11.0. The maximum absolute atomic E-state index is 12.9. The highest BCUT2D eigenvalue weighted by molar-refractivity contribution is 5.75. The van der Waals surface area contributed by atoms with Crippen LogP contribution in [0.15, 0.2) is 59.7 Å². The first-order chi connectivity index (χ1) is 15.4. The lowest BCUT2D eigenvalue weighted by atomic mass is 10.1. The highest BCUT2D eigenvalue weighted by atomic mass is 19.1. The molecule has 7 nitrogen and oxygen atoms in total. The van der Waals surface area contributed by atoms with E-state index in [0.717, 1.165) is 22.4 Å². The maximum Gasteiger partial charge on any atom is 0.300 e. The second-order valence-corrected chi connectivity index (χ2v) is 7.81. The summed E-state index contributed by atoms with van der Waals surface area (Å²) in [6, 6.07) is 11.9. The third-order valence-electron chi connectivity index (χ3n) is 5.52. The molecule has 1 amide bonds. The number of hydrogen-bond donors (Lipinski definition) is 1. The quantitative estimate of drug-likeness (QED) is 0.485. The average molecular weight is 433 g/mol. The monoisotopic (exact) mass is 433 g/mol. The molecule has 2 heterocycles. The van der Waals surface area contributed by atoms with Crippen LogP contribution in [0, 0.1) is 19.7 Å². The van der Waals surface area contributed by atoms with Crippen molar-refractivity contribution in [3.05, 3.63) is 93.5 Å². The summed E-state index contributed by atoms with van der Waals surface area (Å²) in [5.74, 6) is 0.234. The predicted octanol–water partition coefficient (Wildman–Crippen LogP) is 3.28. The Kier molecular flexibility index (Phi) is 6.11. The molecule has 0 saturated heterocycles. The molecule has 0 aliphatic carbocycles. The first kappa shape index (κ1) is 21.4. The first-order valence-electron chi connectivity index (χ1n) is 10.5. The van der Waals surface area contributed by atoms with Crippen LogP contribution >= 0.6 is 0 Å². The zero-order valence-electron chi connectivity index (χ0n) is 18.0. The van der Waals surface area contributed by atoms with Gasteiger partial charge in [-0.25, -0.2) is 4.39 Å². The Balaban J connectivity index is 1.39.